The van der Waals surface area contributed by atoms with E-state index in [0.717, 1.165) is 0 Å². The van der Waals surface area contributed by atoms with Gasteiger partial charge in [0.15, 0.2) is 11.6 Å². The van der Waals surface area contributed by atoms with E-state index in [1.165, 1.54) is 4.52 Å². The van der Waals surface area contributed by atoms with Gasteiger partial charge in [-0.1, -0.05) is 0 Å². The van der Waals surface area contributed by atoms with Gasteiger partial charge in [-0.3, -0.25) is 9.59 Å². The van der Waals surface area contributed by atoms with Crippen molar-refractivity contribution < 1.29 is 0 Å². The molecule has 4 heterocycles. The van der Waals surface area contributed by atoms with Gasteiger partial charge in [0.1, 0.15) is 0 Å². The van der Waals surface area contributed by atoms with E-state index >= 15 is 0 Å². The van der Waals surface area contributed by atoms with Crippen molar-refractivity contribution in [3.05, 3.63) is 94.0 Å². The van der Waals surface area contributed by atoms with Gasteiger partial charge in [-0.15, -0.1) is 0 Å². The van der Waals surface area contributed by atoms with E-state index in [4.69, 9.17) is 0 Å². The Labute approximate surface area is 168 Å². The van der Waals surface area contributed by atoms with Crippen LogP contribution in [0.3, 0.4) is 0 Å². The predicted molar refractivity (Wildman–Crippen MR) is 112 cm³/mol. The van der Waals surface area contributed by atoms with Crippen LogP contribution in [0.1, 0.15) is 0 Å². The van der Waals surface area contributed by atoms with E-state index < -0.39 is 0 Å². The number of nitrogens with zero attached hydrogens (tertiary/aromatic N) is 6. The average Bonchev–Trinajstić information content (AvgIpc) is 3.27. The molecule has 6 aromatic rings. The maximum atomic E-state index is 13.1. The molecule has 0 N–H and O–H groups in total. The molecule has 8 nitrogen and oxygen atoms in total. The Morgan fingerprint density at radius 2 is 1.00 bits per heavy atom. The highest BCUT2D eigenvalue weighted by Gasteiger charge is 2.19. The monoisotopic (exact) mass is 392 g/mol. The van der Waals surface area contributed by atoms with Gasteiger partial charge in [0.2, 0.25) is 0 Å². The second-order valence-electron chi connectivity index (χ2n) is 6.84. The van der Waals surface area contributed by atoms with E-state index in [2.05, 4.69) is 19.9 Å². The molecule has 4 aromatic heterocycles. The fraction of sp³-hybridized carbons (Fsp3) is 0. The summed E-state index contributed by atoms with van der Waals surface area (Å²) in [7, 11) is 0. The standard InChI is InChI=1S/C22H12N6O2/c29-21-15-11-13(19-23-7-1-8-24-19)3-5-17(15)27-18-6-4-14(20-25-9-2-10-26-20)12-16(18)22(30)28(21)27/h1-12H. The molecule has 0 aliphatic carbocycles. The highest BCUT2D eigenvalue weighted by Crippen LogP contribution is 2.24. The minimum Gasteiger partial charge on any atom is -0.267 e. The van der Waals surface area contributed by atoms with Crippen LogP contribution in [0, 0.1) is 0 Å². The van der Waals surface area contributed by atoms with Crippen molar-refractivity contribution in [2.24, 2.45) is 0 Å². The van der Waals surface area contributed by atoms with Crippen LogP contribution < -0.4 is 11.1 Å². The summed E-state index contributed by atoms with van der Waals surface area (Å²) in [5, 5.41) is 0.879. The Bertz CT molecular complexity index is 1550. The van der Waals surface area contributed by atoms with Gasteiger partial charge in [-0.25, -0.2) is 24.5 Å². The first kappa shape index (κ1) is 16.5. The van der Waals surface area contributed by atoms with Crippen molar-refractivity contribution in [2.75, 3.05) is 0 Å². The van der Waals surface area contributed by atoms with Gasteiger partial charge in [0, 0.05) is 35.9 Å². The fourth-order valence-electron chi connectivity index (χ4n) is 3.81. The van der Waals surface area contributed by atoms with Crippen LogP contribution in [0.25, 0.3) is 44.6 Å². The largest absolute Gasteiger partial charge is 0.282 e. The number of fused-ring (bicyclic) bond motifs is 5. The Morgan fingerprint density at radius 1 is 0.567 bits per heavy atom. The zero-order valence-corrected chi connectivity index (χ0v) is 15.4. The Hall–Kier alpha value is -4.46. The maximum absolute atomic E-state index is 13.1. The first-order valence-corrected chi connectivity index (χ1v) is 9.24. The number of aromatic nitrogens is 6. The molecule has 0 saturated carbocycles. The van der Waals surface area contributed by atoms with E-state index in [1.54, 1.807) is 53.6 Å². The second kappa shape index (κ2) is 6.02. The van der Waals surface area contributed by atoms with Gasteiger partial charge >= 0.3 is 0 Å². The van der Waals surface area contributed by atoms with E-state index in [1.807, 2.05) is 24.3 Å². The van der Waals surface area contributed by atoms with Crippen LogP contribution in [0.4, 0.5) is 0 Å². The first-order chi connectivity index (χ1) is 14.7. The molecular formula is C22H12N6O2. The number of benzene rings is 2. The molecule has 0 aliphatic rings. The SMILES string of the molecule is O=c1c2cc(-c3ncccn3)ccc2n2c3ccc(-c4ncccn4)cc3c(=O)n12. The summed E-state index contributed by atoms with van der Waals surface area (Å²) in [5.41, 5.74) is 1.98. The van der Waals surface area contributed by atoms with Crippen molar-refractivity contribution in [3.63, 3.8) is 0 Å². The van der Waals surface area contributed by atoms with Crippen LogP contribution in [0.15, 0.2) is 82.9 Å². The molecule has 0 saturated heterocycles. The molecule has 142 valence electrons. The molecular weight excluding hydrogens is 380 g/mol. The van der Waals surface area contributed by atoms with Crippen LogP contribution in [0.2, 0.25) is 0 Å². The molecule has 6 rings (SSSR count). The summed E-state index contributed by atoms with van der Waals surface area (Å²) in [6, 6.07) is 14.2. The molecule has 0 spiro atoms. The van der Waals surface area contributed by atoms with Crippen molar-refractivity contribution in [1.29, 1.82) is 0 Å². The lowest BCUT2D eigenvalue weighted by Crippen LogP contribution is -2.21. The van der Waals surface area contributed by atoms with E-state index in [9.17, 15) is 9.59 Å². The molecule has 0 amide bonds. The van der Waals surface area contributed by atoms with E-state index in [-0.39, 0.29) is 11.1 Å². The summed E-state index contributed by atoms with van der Waals surface area (Å²) in [6.45, 7) is 0. The maximum Gasteiger partial charge on any atom is 0.282 e. The molecule has 0 radical (unpaired) electrons. The van der Waals surface area contributed by atoms with Gasteiger partial charge in [-0.2, -0.15) is 4.52 Å². The zero-order chi connectivity index (χ0) is 20.2. The van der Waals surface area contributed by atoms with Crippen molar-refractivity contribution >= 4 is 21.8 Å². The molecule has 0 aliphatic heterocycles. The average molecular weight is 392 g/mol. The second-order valence-corrected chi connectivity index (χ2v) is 6.84. The number of hydrogen-bond donors (Lipinski definition) is 0. The van der Waals surface area contributed by atoms with Gasteiger partial charge in [-0.05, 0) is 48.5 Å². The van der Waals surface area contributed by atoms with Crippen LogP contribution in [-0.4, -0.2) is 29.0 Å². The van der Waals surface area contributed by atoms with Crippen molar-refractivity contribution in [2.45, 2.75) is 0 Å². The molecule has 0 unspecified atom stereocenters. The van der Waals surface area contributed by atoms with Crippen LogP contribution in [0.5, 0.6) is 0 Å². The van der Waals surface area contributed by atoms with Crippen molar-refractivity contribution in [3.8, 4) is 22.8 Å². The van der Waals surface area contributed by atoms with Gasteiger partial charge < -0.3 is 0 Å². The summed E-state index contributed by atoms with van der Waals surface area (Å²) in [6.07, 6.45) is 6.58. The predicted octanol–water partition coefficient (Wildman–Crippen LogP) is 2.42. The Balaban J connectivity index is 1.65. The molecule has 30 heavy (non-hydrogen) atoms. The third-order valence-corrected chi connectivity index (χ3v) is 5.14. The zero-order valence-electron chi connectivity index (χ0n) is 15.4. The van der Waals surface area contributed by atoms with Crippen LogP contribution in [-0.2, 0) is 0 Å². The van der Waals surface area contributed by atoms with Gasteiger partial charge in [0.25, 0.3) is 11.1 Å². The van der Waals surface area contributed by atoms with Crippen molar-refractivity contribution in [1.82, 2.24) is 29.0 Å². The lowest BCUT2D eigenvalue weighted by Gasteiger charge is -2.01. The lowest BCUT2D eigenvalue weighted by atomic mass is 10.1. The highest BCUT2D eigenvalue weighted by atomic mass is 16.2. The number of rotatable bonds is 2. The molecule has 8 heteroatoms. The summed E-state index contributed by atoms with van der Waals surface area (Å²) in [5.74, 6) is 1.05. The van der Waals surface area contributed by atoms with E-state index in [0.29, 0.717) is 44.6 Å². The highest BCUT2D eigenvalue weighted by molar-refractivity contribution is 5.91. The molecule has 0 atom stereocenters. The molecule has 2 aromatic carbocycles. The molecule has 0 bridgehead atoms. The normalized spacial score (nSPS) is 11.6. The number of hydrogen-bond acceptors (Lipinski definition) is 6. The van der Waals surface area contributed by atoms with Crippen LogP contribution >= 0.6 is 0 Å². The topological polar surface area (TPSA) is 94.5 Å². The summed E-state index contributed by atoms with van der Waals surface area (Å²) < 4.78 is 2.82. The lowest BCUT2D eigenvalue weighted by molar-refractivity contribution is 0.841. The minimum absolute atomic E-state index is 0.374. The Morgan fingerprint density at radius 3 is 1.43 bits per heavy atom. The summed E-state index contributed by atoms with van der Waals surface area (Å²) in [4.78, 5) is 43.1. The third kappa shape index (κ3) is 2.21. The third-order valence-electron chi connectivity index (χ3n) is 5.14. The first-order valence-electron chi connectivity index (χ1n) is 9.24. The summed E-state index contributed by atoms with van der Waals surface area (Å²) >= 11 is 0. The smallest absolute Gasteiger partial charge is 0.267 e. The quantitative estimate of drug-likeness (QED) is 0.449. The fourth-order valence-corrected chi connectivity index (χ4v) is 3.81. The Kier molecular flexibility index (Phi) is 3.31. The van der Waals surface area contributed by atoms with Gasteiger partial charge in [0.05, 0.1) is 21.8 Å². The minimum atomic E-state index is -0.374. The molecule has 0 fully saturated rings.